The van der Waals surface area contributed by atoms with Crippen LogP contribution in [0.25, 0.3) is 0 Å². The Bertz CT molecular complexity index is 575. The predicted molar refractivity (Wildman–Crippen MR) is 86.7 cm³/mol. The van der Waals surface area contributed by atoms with Gasteiger partial charge < -0.3 is 10.6 Å². The van der Waals surface area contributed by atoms with E-state index in [1.807, 2.05) is 37.6 Å². The van der Waals surface area contributed by atoms with Crippen LogP contribution in [0.3, 0.4) is 0 Å². The number of hydrogen-bond acceptors (Lipinski definition) is 5. The van der Waals surface area contributed by atoms with Crippen LogP contribution in [-0.2, 0) is 11.8 Å². The molecule has 2 rings (SSSR count). The Morgan fingerprint density at radius 3 is 2.33 bits per heavy atom. The molecule has 0 spiro atoms. The van der Waals surface area contributed by atoms with E-state index in [9.17, 15) is 0 Å². The van der Waals surface area contributed by atoms with Crippen molar-refractivity contribution in [1.29, 1.82) is 0 Å². The molecule has 5 heteroatoms. The SMILES string of the molecule is CNc1cc(NCCc2ccncc2)nc(C(C)(C)C)n1. The first-order chi connectivity index (χ1) is 9.99. The topological polar surface area (TPSA) is 62.7 Å². The summed E-state index contributed by atoms with van der Waals surface area (Å²) in [5.74, 6) is 2.52. The molecule has 0 aromatic carbocycles. The third-order valence-electron chi connectivity index (χ3n) is 3.12. The lowest BCUT2D eigenvalue weighted by molar-refractivity contribution is 0.546. The Balaban J connectivity index is 2.05. The molecular formula is C16H23N5. The second-order valence-electron chi connectivity index (χ2n) is 5.99. The van der Waals surface area contributed by atoms with Gasteiger partial charge in [-0.1, -0.05) is 20.8 Å². The van der Waals surface area contributed by atoms with Gasteiger partial charge in [0, 0.05) is 37.5 Å². The largest absolute Gasteiger partial charge is 0.373 e. The van der Waals surface area contributed by atoms with Gasteiger partial charge in [-0.15, -0.1) is 0 Å². The van der Waals surface area contributed by atoms with Gasteiger partial charge in [-0.05, 0) is 24.1 Å². The minimum absolute atomic E-state index is 0.0750. The zero-order chi connectivity index (χ0) is 15.3. The smallest absolute Gasteiger partial charge is 0.138 e. The summed E-state index contributed by atoms with van der Waals surface area (Å²) in [4.78, 5) is 13.2. The molecule has 0 saturated heterocycles. The first-order valence-corrected chi connectivity index (χ1v) is 7.19. The highest BCUT2D eigenvalue weighted by Gasteiger charge is 2.18. The minimum atomic E-state index is -0.0750. The Morgan fingerprint density at radius 2 is 1.71 bits per heavy atom. The van der Waals surface area contributed by atoms with Crippen molar-refractivity contribution in [2.75, 3.05) is 24.2 Å². The maximum absolute atomic E-state index is 4.61. The summed E-state index contributed by atoms with van der Waals surface area (Å²) in [6.07, 6.45) is 4.57. The highest BCUT2D eigenvalue weighted by Crippen LogP contribution is 2.22. The van der Waals surface area contributed by atoms with E-state index in [0.717, 1.165) is 30.4 Å². The zero-order valence-electron chi connectivity index (χ0n) is 13.1. The third-order valence-corrected chi connectivity index (χ3v) is 3.12. The number of nitrogens with one attached hydrogen (secondary N) is 2. The predicted octanol–water partition coefficient (Wildman–Crippen LogP) is 2.87. The number of anilines is 2. The Hall–Kier alpha value is -2.17. The number of rotatable bonds is 5. The van der Waals surface area contributed by atoms with Crippen LogP contribution in [-0.4, -0.2) is 28.5 Å². The molecule has 0 aliphatic rings. The van der Waals surface area contributed by atoms with Crippen molar-refractivity contribution in [2.45, 2.75) is 32.6 Å². The monoisotopic (exact) mass is 285 g/mol. The average Bonchev–Trinajstić information content (AvgIpc) is 2.47. The normalized spacial score (nSPS) is 11.2. The van der Waals surface area contributed by atoms with Crippen LogP contribution in [0, 0.1) is 0 Å². The average molecular weight is 285 g/mol. The van der Waals surface area contributed by atoms with Crippen molar-refractivity contribution in [3.8, 4) is 0 Å². The molecule has 112 valence electrons. The first kappa shape index (κ1) is 15.2. The fourth-order valence-electron chi connectivity index (χ4n) is 1.89. The highest BCUT2D eigenvalue weighted by molar-refractivity contribution is 5.47. The van der Waals surface area contributed by atoms with Crippen LogP contribution in [0.15, 0.2) is 30.6 Å². The standard InChI is InChI=1S/C16H23N5/c1-16(2,3)15-20-13(17-4)11-14(21-15)19-10-7-12-5-8-18-9-6-12/h5-6,8-9,11H,7,10H2,1-4H3,(H2,17,19,20,21). The van der Waals surface area contributed by atoms with Gasteiger partial charge in [-0.25, -0.2) is 9.97 Å². The number of hydrogen-bond donors (Lipinski definition) is 2. The van der Waals surface area contributed by atoms with Crippen LogP contribution in [0.4, 0.5) is 11.6 Å². The molecule has 2 aromatic rings. The lowest BCUT2D eigenvalue weighted by Crippen LogP contribution is -2.18. The van der Waals surface area contributed by atoms with Gasteiger partial charge in [-0.2, -0.15) is 0 Å². The van der Waals surface area contributed by atoms with Crippen LogP contribution in [0.1, 0.15) is 32.2 Å². The summed E-state index contributed by atoms with van der Waals surface area (Å²) >= 11 is 0. The molecule has 0 bridgehead atoms. The molecule has 0 aliphatic heterocycles. The van der Waals surface area contributed by atoms with Crippen LogP contribution in [0.2, 0.25) is 0 Å². The molecule has 5 nitrogen and oxygen atoms in total. The van der Waals surface area contributed by atoms with Gasteiger partial charge in [0.15, 0.2) is 0 Å². The van der Waals surface area contributed by atoms with Crippen molar-refractivity contribution < 1.29 is 0 Å². The Morgan fingerprint density at radius 1 is 1.05 bits per heavy atom. The van der Waals surface area contributed by atoms with Gasteiger partial charge in [0.25, 0.3) is 0 Å². The Kier molecular flexibility index (Phi) is 4.73. The van der Waals surface area contributed by atoms with Crippen molar-refractivity contribution in [3.63, 3.8) is 0 Å². The molecule has 2 N–H and O–H groups in total. The molecule has 0 amide bonds. The summed E-state index contributed by atoms with van der Waals surface area (Å²) in [6.45, 7) is 7.17. The van der Waals surface area contributed by atoms with Gasteiger partial charge in [0.2, 0.25) is 0 Å². The first-order valence-electron chi connectivity index (χ1n) is 7.19. The van der Waals surface area contributed by atoms with Crippen molar-refractivity contribution in [3.05, 3.63) is 42.0 Å². The molecule has 0 fully saturated rings. The lowest BCUT2D eigenvalue weighted by Gasteiger charge is -2.18. The number of aromatic nitrogens is 3. The Labute approximate surface area is 126 Å². The summed E-state index contributed by atoms with van der Waals surface area (Å²) in [6, 6.07) is 5.99. The zero-order valence-corrected chi connectivity index (χ0v) is 13.1. The summed E-state index contributed by atoms with van der Waals surface area (Å²) in [7, 11) is 1.87. The van der Waals surface area contributed by atoms with E-state index in [-0.39, 0.29) is 5.41 Å². The fourth-order valence-corrected chi connectivity index (χ4v) is 1.89. The molecule has 0 aliphatic carbocycles. The van der Waals surface area contributed by atoms with E-state index >= 15 is 0 Å². The van der Waals surface area contributed by atoms with Gasteiger partial charge in [-0.3, -0.25) is 4.98 Å². The summed E-state index contributed by atoms with van der Waals surface area (Å²) in [5.41, 5.74) is 1.19. The molecule has 0 radical (unpaired) electrons. The summed E-state index contributed by atoms with van der Waals surface area (Å²) in [5, 5.41) is 6.46. The molecule has 2 heterocycles. The molecule has 2 aromatic heterocycles. The van der Waals surface area contributed by atoms with E-state index < -0.39 is 0 Å². The third kappa shape index (κ3) is 4.41. The molecule has 0 unspecified atom stereocenters. The van der Waals surface area contributed by atoms with Crippen molar-refractivity contribution >= 4 is 11.6 Å². The summed E-state index contributed by atoms with van der Waals surface area (Å²) < 4.78 is 0. The van der Waals surface area contributed by atoms with Crippen LogP contribution >= 0.6 is 0 Å². The second kappa shape index (κ2) is 6.52. The van der Waals surface area contributed by atoms with Crippen molar-refractivity contribution in [2.24, 2.45) is 0 Å². The lowest BCUT2D eigenvalue weighted by atomic mass is 9.96. The van der Waals surface area contributed by atoms with E-state index in [0.29, 0.717) is 0 Å². The fraction of sp³-hybridized carbons (Fsp3) is 0.438. The van der Waals surface area contributed by atoms with E-state index in [2.05, 4.69) is 46.4 Å². The van der Waals surface area contributed by atoms with Gasteiger partial charge >= 0.3 is 0 Å². The van der Waals surface area contributed by atoms with Gasteiger partial charge in [0.1, 0.15) is 17.5 Å². The van der Waals surface area contributed by atoms with Crippen LogP contribution < -0.4 is 10.6 Å². The number of pyridine rings is 1. The van der Waals surface area contributed by atoms with Crippen molar-refractivity contribution in [1.82, 2.24) is 15.0 Å². The van der Waals surface area contributed by atoms with Crippen LogP contribution in [0.5, 0.6) is 0 Å². The maximum Gasteiger partial charge on any atom is 0.138 e. The molecule has 21 heavy (non-hydrogen) atoms. The molecular weight excluding hydrogens is 262 g/mol. The highest BCUT2D eigenvalue weighted by atomic mass is 15.1. The number of nitrogens with zero attached hydrogens (tertiary/aromatic N) is 3. The maximum atomic E-state index is 4.61. The van der Waals surface area contributed by atoms with Gasteiger partial charge in [0.05, 0.1) is 0 Å². The van der Waals surface area contributed by atoms with E-state index in [1.54, 1.807) is 0 Å². The quantitative estimate of drug-likeness (QED) is 0.884. The molecule has 0 atom stereocenters. The van der Waals surface area contributed by atoms with E-state index in [4.69, 9.17) is 0 Å². The minimum Gasteiger partial charge on any atom is -0.373 e. The molecule has 0 saturated carbocycles. The second-order valence-corrected chi connectivity index (χ2v) is 5.99. The van der Waals surface area contributed by atoms with E-state index in [1.165, 1.54) is 5.56 Å².